The van der Waals surface area contributed by atoms with Crippen molar-refractivity contribution < 1.29 is 27.7 Å². The molecule has 0 saturated carbocycles. The molecule has 2 amide bonds. The number of amides is 2. The van der Waals surface area contributed by atoms with E-state index < -0.39 is 34.2 Å². The number of nitro benzene ring substituents is 1. The molecule has 0 bridgehead atoms. The van der Waals surface area contributed by atoms with Crippen molar-refractivity contribution in [2.24, 2.45) is 0 Å². The number of para-hydroxylation sites is 1. The van der Waals surface area contributed by atoms with Gasteiger partial charge in [-0.25, -0.2) is 0 Å². The van der Waals surface area contributed by atoms with Gasteiger partial charge in [-0.15, -0.1) is 0 Å². The number of benzene rings is 2. The number of hydrazine groups is 1. The number of alkyl halides is 3. The average molecular weight is 435 g/mol. The van der Waals surface area contributed by atoms with Crippen molar-refractivity contribution in [2.75, 3.05) is 11.9 Å². The summed E-state index contributed by atoms with van der Waals surface area (Å²) in [7, 11) is 0. The Labute approximate surface area is 172 Å². The van der Waals surface area contributed by atoms with Crippen molar-refractivity contribution in [1.29, 1.82) is 0 Å². The number of carbonyl (C=O) groups is 2. The lowest BCUT2D eigenvalue weighted by Crippen LogP contribution is -2.42. The standard InChI is InChI=1S/C19H16F3N5O4/c20-19(21,22)11-5-6-15(16(9-11)27(30)31)23-8-7-17(28)25-26-18(29)13-10-24-14-4-2-1-3-12(13)14/h1-6,9-10,23-24H,7-8H2,(H,25,28)(H,26,29). The third-order valence-corrected chi connectivity index (χ3v) is 4.34. The van der Waals surface area contributed by atoms with Gasteiger partial charge in [0.15, 0.2) is 0 Å². The fourth-order valence-electron chi connectivity index (χ4n) is 2.83. The third-order valence-electron chi connectivity index (χ3n) is 4.34. The number of nitrogens with zero attached hydrogens (tertiary/aromatic N) is 1. The number of nitro groups is 1. The van der Waals surface area contributed by atoms with E-state index in [1.54, 1.807) is 24.3 Å². The zero-order valence-electron chi connectivity index (χ0n) is 15.7. The monoisotopic (exact) mass is 435 g/mol. The van der Waals surface area contributed by atoms with E-state index in [0.29, 0.717) is 23.1 Å². The lowest BCUT2D eigenvalue weighted by Gasteiger charge is -2.11. The van der Waals surface area contributed by atoms with Crippen LogP contribution in [-0.4, -0.2) is 28.3 Å². The fourth-order valence-corrected chi connectivity index (χ4v) is 2.83. The highest BCUT2D eigenvalue weighted by atomic mass is 19.4. The minimum atomic E-state index is -4.72. The van der Waals surface area contributed by atoms with Crippen LogP contribution in [0.4, 0.5) is 24.5 Å². The molecule has 4 N–H and O–H groups in total. The van der Waals surface area contributed by atoms with Crippen LogP contribution in [0.2, 0.25) is 0 Å². The summed E-state index contributed by atoms with van der Waals surface area (Å²) in [6, 6.07) is 9.15. The highest BCUT2D eigenvalue weighted by Gasteiger charge is 2.33. The van der Waals surface area contributed by atoms with Gasteiger partial charge >= 0.3 is 6.18 Å². The van der Waals surface area contributed by atoms with Crippen LogP contribution < -0.4 is 16.2 Å². The number of rotatable bonds is 6. The second-order valence-electron chi connectivity index (χ2n) is 6.41. The summed E-state index contributed by atoms with van der Waals surface area (Å²) < 4.78 is 38.2. The number of hydrogen-bond donors (Lipinski definition) is 4. The summed E-state index contributed by atoms with van der Waals surface area (Å²) in [5.41, 5.74) is 3.48. The predicted octanol–water partition coefficient (Wildman–Crippen LogP) is 3.36. The molecule has 3 aromatic rings. The molecule has 1 aromatic heterocycles. The van der Waals surface area contributed by atoms with Crippen molar-refractivity contribution in [2.45, 2.75) is 12.6 Å². The lowest BCUT2D eigenvalue weighted by molar-refractivity contribution is -0.384. The molecule has 0 saturated heterocycles. The first kappa shape index (κ1) is 21.6. The molecule has 0 aliphatic heterocycles. The summed E-state index contributed by atoms with van der Waals surface area (Å²) in [6.07, 6.45) is -3.42. The Kier molecular flexibility index (Phi) is 6.09. The third kappa shape index (κ3) is 5.10. The SMILES string of the molecule is O=C(CCNc1ccc(C(F)(F)F)cc1[N+](=O)[O-])NNC(=O)c1c[nH]c2ccccc12. The molecule has 0 aliphatic rings. The molecule has 3 rings (SSSR count). The fraction of sp³-hybridized carbons (Fsp3) is 0.158. The summed E-state index contributed by atoms with van der Waals surface area (Å²) in [5.74, 6) is -1.15. The minimum Gasteiger partial charge on any atom is -0.379 e. The first-order valence-corrected chi connectivity index (χ1v) is 8.91. The number of nitrogens with one attached hydrogen (secondary N) is 4. The van der Waals surface area contributed by atoms with Crippen LogP contribution in [0, 0.1) is 10.1 Å². The van der Waals surface area contributed by atoms with Crippen molar-refractivity contribution in [3.8, 4) is 0 Å². The molecule has 2 aromatic carbocycles. The molecule has 0 fully saturated rings. The summed E-state index contributed by atoms with van der Waals surface area (Å²) in [4.78, 5) is 37.2. The second-order valence-corrected chi connectivity index (χ2v) is 6.41. The van der Waals surface area contributed by atoms with Crippen molar-refractivity contribution in [1.82, 2.24) is 15.8 Å². The van der Waals surface area contributed by atoms with E-state index in [1.807, 2.05) is 0 Å². The molecule has 0 aliphatic carbocycles. The largest absolute Gasteiger partial charge is 0.416 e. The predicted molar refractivity (Wildman–Crippen MR) is 105 cm³/mol. The van der Waals surface area contributed by atoms with Gasteiger partial charge < -0.3 is 10.3 Å². The molecular formula is C19H16F3N5O4. The van der Waals surface area contributed by atoms with E-state index in [1.165, 1.54) is 6.20 Å². The number of halogens is 3. The summed E-state index contributed by atoms with van der Waals surface area (Å²) in [6.45, 7) is -0.110. The Morgan fingerprint density at radius 1 is 1.10 bits per heavy atom. The molecule has 0 spiro atoms. The van der Waals surface area contributed by atoms with Gasteiger partial charge in [0, 0.05) is 36.1 Å². The topological polar surface area (TPSA) is 129 Å². The van der Waals surface area contributed by atoms with Gasteiger partial charge in [0.05, 0.1) is 16.1 Å². The van der Waals surface area contributed by atoms with Crippen LogP contribution in [0.1, 0.15) is 22.3 Å². The zero-order valence-corrected chi connectivity index (χ0v) is 15.7. The molecule has 9 nitrogen and oxygen atoms in total. The maximum atomic E-state index is 12.7. The zero-order chi connectivity index (χ0) is 22.6. The highest BCUT2D eigenvalue weighted by molar-refractivity contribution is 6.07. The Bertz CT molecular complexity index is 1140. The van der Waals surface area contributed by atoms with Crippen molar-refractivity contribution in [3.63, 3.8) is 0 Å². The van der Waals surface area contributed by atoms with E-state index >= 15 is 0 Å². The molecule has 162 valence electrons. The number of carbonyl (C=O) groups excluding carboxylic acids is 2. The molecular weight excluding hydrogens is 419 g/mol. The normalized spacial score (nSPS) is 11.2. The number of aromatic nitrogens is 1. The van der Waals surface area contributed by atoms with Crippen molar-refractivity contribution in [3.05, 3.63) is 69.9 Å². The maximum absolute atomic E-state index is 12.7. The first-order chi connectivity index (χ1) is 14.7. The smallest absolute Gasteiger partial charge is 0.379 e. The van der Waals surface area contributed by atoms with Crippen LogP contribution in [0.25, 0.3) is 10.9 Å². The Balaban J connectivity index is 1.53. The van der Waals surface area contributed by atoms with Gasteiger partial charge in [-0.1, -0.05) is 18.2 Å². The molecule has 0 atom stereocenters. The number of fused-ring (bicyclic) bond motifs is 1. The highest BCUT2D eigenvalue weighted by Crippen LogP contribution is 2.34. The van der Waals surface area contributed by atoms with Crippen LogP contribution in [0.15, 0.2) is 48.7 Å². The van der Waals surface area contributed by atoms with Gasteiger partial charge in [-0.05, 0) is 18.2 Å². The van der Waals surface area contributed by atoms with Crippen LogP contribution in [-0.2, 0) is 11.0 Å². The van der Waals surface area contributed by atoms with Gasteiger partial charge in [-0.2, -0.15) is 13.2 Å². The van der Waals surface area contributed by atoms with Crippen LogP contribution >= 0.6 is 0 Å². The van der Waals surface area contributed by atoms with Gasteiger partial charge in [0.1, 0.15) is 5.69 Å². The second kappa shape index (κ2) is 8.73. The Hall–Kier alpha value is -4.09. The maximum Gasteiger partial charge on any atom is 0.416 e. The Morgan fingerprint density at radius 3 is 2.55 bits per heavy atom. The lowest BCUT2D eigenvalue weighted by atomic mass is 10.1. The van der Waals surface area contributed by atoms with Gasteiger partial charge in [0.25, 0.3) is 11.6 Å². The average Bonchev–Trinajstić information content (AvgIpc) is 3.15. The minimum absolute atomic E-state index is 0.110. The van der Waals surface area contributed by atoms with Gasteiger partial charge in [0.2, 0.25) is 5.91 Å². The molecule has 0 unspecified atom stereocenters. The number of anilines is 1. The Morgan fingerprint density at radius 2 is 1.84 bits per heavy atom. The van der Waals surface area contributed by atoms with Crippen LogP contribution in [0.3, 0.4) is 0 Å². The molecule has 31 heavy (non-hydrogen) atoms. The van der Waals surface area contributed by atoms with E-state index in [0.717, 1.165) is 11.6 Å². The number of hydrogen-bond acceptors (Lipinski definition) is 5. The quantitative estimate of drug-likeness (QED) is 0.349. The van der Waals surface area contributed by atoms with E-state index in [4.69, 9.17) is 0 Å². The molecule has 0 radical (unpaired) electrons. The van der Waals surface area contributed by atoms with E-state index in [-0.39, 0.29) is 18.7 Å². The molecule has 12 heteroatoms. The summed E-state index contributed by atoms with van der Waals surface area (Å²) >= 11 is 0. The number of aromatic amines is 1. The van der Waals surface area contributed by atoms with E-state index in [2.05, 4.69) is 21.2 Å². The number of H-pyrrole nitrogens is 1. The van der Waals surface area contributed by atoms with E-state index in [9.17, 15) is 32.9 Å². The first-order valence-electron chi connectivity index (χ1n) is 8.91. The molecule has 1 heterocycles. The van der Waals surface area contributed by atoms with Gasteiger partial charge in [-0.3, -0.25) is 30.6 Å². The summed E-state index contributed by atoms with van der Waals surface area (Å²) in [5, 5.41) is 14.3. The van der Waals surface area contributed by atoms with Crippen molar-refractivity contribution >= 4 is 34.1 Å². The van der Waals surface area contributed by atoms with Crippen LogP contribution in [0.5, 0.6) is 0 Å².